The van der Waals surface area contributed by atoms with E-state index in [1.165, 1.54) is 6.42 Å². The number of carbonyl (C=O) groups is 1. The lowest BCUT2D eigenvalue weighted by Gasteiger charge is -2.33. The summed E-state index contributed by atoms with van der Waals surface area (Å²) in [5.41, 5.74) is -0.0573. The topological polar surface area (TPSA) is 38.3 Å². The van der Waals surface area contributed by atoms with Crippen LogP contribution >= 0.6 is 0 Å². The van der Waals surface area contributed by atoms with Crippen LogP contribution in [0.2, 0.25) is 0 Å². The summed E-state index contributed by atoms with van der Waals surface area (Å²) in [4.78, 5) is 11.7. The van der Waals surface area contributed by atoms with Crippen LogP contribution in [-0.2, 0) is 9.53 Å². The van der Waals surface area contributed by atoms with Crippen molar-refractivity contribution in [3.05, 3.63) is 0 Å². The molecule has 1 unspecified atom stereocenters. The van der Waals surface area contributed by atoms with Crippen LogP contribution in [0.3, 0.4) is 0 Å². The molecule has 0 aromatic heterocycles. The summed E-state index contributed by atoms with van der Waals surface area (Å²) in [7, 11) is 0. The van der Waals surface area contributed by atoms with E-state index in [0.29, 0.717) is 13.0 Å². The first-order chi connectivity index (χ1) is 8.14. The van der Waals surface area contributed by atoms with Crippen LogP contribution in [0.5, 0.6) is 0 Å². The van der Waals surface area contributed by atoms with Gasteiger partial charge in [0.2, 0.25) is 0 Å². The van der Waals surface area contributed by atoms with E-state index in [0.717, 1.165) is 32.2 Å². The Morgan fingerprint density at radius 2 is 1.88 bits per heavy atom. The molecule has 3 heteroatoms. The molecular formula is C14H29NO2. The molecule has 0 aliphatic rings. The summed E-state index contributed by atoms with van der Waals surface area (Å²) in [5, 5.41) is 3.56. The van der Waals surface area contributed by atoms with Gasteiger partial charge in [0.05, 0.1) is 13.0 Å². The smallest absolute Gasteiger partial charge is 0.307 e. The maximum absolute atomic E-state index is 11.7. The lowest BCUT2D eigenvalue weighted by molar-refractivity contribution is -0.145. The van der Waals surface area contributed by atoms with Crippen LogP contribution in [0.1, 0.15) is 66.2 Å². The van der Waals surface area contributed by atoms with E-state index in [9.17, 15) is 4.79 Å². The minimum Gasteiger partial charge on any atom is -0.466 e. The largest absolute Gasteiger partial charge is 0.466 e. The fourth-order valence-corrected chi connectivity index (χ4v) is 2.06. The van der Waals surface area contributed by atoms with Crippen molar-refractivity contribution in [3.63, 3.8) is 0 Å². The molecule has 102 valence electrons. The van der Waals surface area contributed by atoms with Gasteiger partial charge in [-0.05, 0) is 32.7 Å². The molecule has 0 aromatic carbocycles. The Bertz CT molecular complexity index is 196. The van der Waals surface area contributed by atoms with E-state index in [2.05, 4.69) is 26.1 Å². The highest BCUT2D eigenvalue weighted by molar-refractivity contribution is 5.70. The van der Waals surface area contributed by atoms with Gasteiger partial charge in [0, 0.05) is 5.54 Å². The third-order valence-electron chi connectivity index (χ3n) is 3.22. The maximum Gasteiger partial charge on any atom is 0.307 e. The lowest BCUT2D eigenvalue weighted by Crippen LogP contribution is -2.47. The normalized spacial score (nSPS) is 14.4. The molecule has 0 aromatic rings. The van der Waals surface area contributed by atoms with E-state index in [1.807, 2.05) is 6.92 Å². The molecule has 0 fully saturated rings. The molecular weight excluding hydrogens is 214 g/mol. The highest BCUT2D eigenvalue weighted by Gasteiger charge is 2.30. The molecule has 0 radical (unpaired) electrons. The van der Waals surface area contributed by atoms with E-state index in [-0.39, 0.29) is 11.5 Å². The molecule has 0 saturated carbocycles. The second kappa shape index (κ2) is 9.46. The highest BCUT2D eigenvalue weighted by atomic mass is 16.5. The summed E-state index contributed by atoms with van der Waals surface area (Å²) >= 11 is 0. The quantitative estimate of drug-likeness (QED) is 0.598. The number of hydrogen-bond donors (Lipinski definition) is 1. The molecule has 0 rings (SSSR count). The number of ether oxygens (including phenoxy) is 1. The zero-order valence-electron chi connectivity index (χ0n) is 12.0. The minimum absolute atomic E-state index is 0.0573. The van der Waals surface area contributed by atoms with Gasteiger partial charge in [0.1, 0.15) is 0 Å². The molecule has 0 amide bonds. The van der Waals surface area contributed by atoms with Crippen molar-refractivity contribution in [3.8, 4) is 0 Å². The Hall–Kier alpha value is -0.570. The van der Waals surface area contributed by atoms with Crippen molar-refractivity contribution in [2.24, 2.45) is 0 Å². The molecule has 0 saturated heterocycles. The van der Waals surface area contributed by atoms with Gasteiger partial charge >= 0.3 is 5.97 Å². The van der Waals surface area contributed by atoms with E-state index < -0.39 is 0 Å². The standard InChI is InChI=1S/C14H29NO2/c1-5-9-10-14(7-3,15-11-6-2)12-13(16)17-8-4/h15H,5-12H2,1-4H3. The second-order valence-corrected chi connectivity index (χ2v) is 4.65. The van der Waals surface area contributed by atoms with Gasteiger partial charge in [0.25, 0.3) is 0 Å². The fourth-order valence-electron chi connectivity index (χ4n) is 2.06. The second-order valence-electron chi connectivity index (χ2n) is 4.65. The predicted octanol–water partition coefficient (Wildman–Crippen LogP) is 3.28. The van der Waals surface area contributed by atoms with Crippen LogP contribution in [0.4, 0.5) is 0 Å². The van der Waals surface area contributed by atoms with Crippen molar-refractivity contribution < 1.29 is 9.53 Å². The molecule has 0 aliphatic heterocycles. The van der Waals surface area contributed by atoms with Crippen LogP contribution in [0.25, 0.3) is 0 Å². The van der Waals surface area contributed by atoms with Gasteiger partial charge in [-0.15, -0.1) is 0 Å². The average molecular weight is 243 g/mol. The zero-order chi connectivity index (χ0) is 13.1. The Morgan fingerprint density at radius 1 is 1.18 bits per heavy atom. The first kappa shape index (κ1) is 16.4. The number of nitrogens with one attached hydrogen (secondary N) is 1. The third-order valence-corrected chi connectivity index (χ3v) is 3.22. The van der Waals surface area contributed by atoms with E-state index in [4.69, 9.17) is 4.74 Å². The first-order valence-corrected chi connectivity index (χ1v) is 7.04. The molecule has 0 aliphatic carbocycles. The molecule has 0 bridgehead atoms. The SMILES string of the molecule is CCCCC(CC)(CC(=O)OCC)NCCC. The van der Waals surface area contributed by atoms with Gasteiger partial charge in [-0.3, -0.25) is 4.79 Å². The molecule has 1 N–H and O–H groups in total. The van der Waals surface area contributed by atoms with Crippen LogP contribution in [0.15, 0.2) is 0 Å². The number of carbonyl (C=O) groups excluding carboxylic acids is 1. The van der Waals surface area contributed by atoms with Crippen molar-refractivity contribution in [1.82, 2.24) is 5.32 Å². The van der Waals surface area contributed by atoms with Gasteiger partial charge in [-0.25, -0.2) is 0 Å². The number of hydrogen-bond acceptors (Lipinski definition) is 3. The summed E-state index contributed by atoms with van der Waals surface area (Å²) < 4.78 is 5.08. The first-order valence-electron chi connectivity index (χ1n) is 7.04. The molecule has 1 atom stereocenters. The van der Waals surface area contributed by atoms with Gasteiger partial charge in [-0.2, -0.15) is 0 Å². The third kappa shape index (κ3) is 6.67. The summed E-state index contributed by atoms with van der Waals surface area (Å²) in [6, 6.07) is 0. The molecule has 0 spiro atoms. The molecule has 17 heavy (non-hydrogen) atoms. The average Bonchev–Trinajstić information content (AvgIpc) is 2.33. The Morgan fingerprint density at radius 3 is 2.35 bits per heavy atom. The summed E-state index contributed by atoms with van der Waals surface area (Å²) in [5.74, 6) is -0.0749. The van der Waals surface area contributed by atoms with Crippen molar-refractivity contribution in [2.75, 3.05) is 13.2 Å². The van der Waals surface area contributed by atoms with Gasteiger partial charge in [-0.1, -0.05) is 33.6 Å². The summed E-state index contributed by atoms with van der Waals surface area (Å²) in [6.45, 7) is 9.79. The minimum atomic E-state index is -0.0749. The van der Waals surface area contributed by atoms with Crippen LogP contribution in [0, 0.1) is 0 Å². The maximum atomic E-state index is 11.7. The monoisotopic (exact) mass is 243 g/mol. The van der Waals surface area contributed by atoms with E-state index >= 15 is 0 Å². The van der Waals surface area contributed by atoms with Crippen LogP contribution in [-0.4, -0.2) is 24.7 Å². The van der Waals surface area contributed by atoms with Crippen molar-refractivity contribution in [1.29, 1.82) is 0 Å². The Labute approximate surface area is 106 Å². The summed E-state index contributed by atoms with van der Waals surface area (Å²) in [6.07, 6.45) is 5.95. The van der Waals surface area contributed by atoms with Gasteiger partial charge in [0.15, 0.2) is 0 Å². The zero-order valence-corrected chi connectivity index (χ0v) is 12.0. The van der Waals surface area contributed by atoms with Gasteiger partial charge < -0.3 is 10.1 Å². The Balaban J connectivity index is 4.47. The highest BCUT2D eigenvalue weighted by Crippen LogP contribution is 2.23. The van der Waals surface area contributed by atoms with Crippen molar-refractivity contribution >= 4 is 5.97 Å². The predicted molar refractivity (Wildman–Crippen MR) is 72.1 cm³/mol. The Kier molecular flexibility index (Phi) is 9.14. The fraction of sp³-hybridized carbons (Fsp3) is 0.929. The lowest BCUT2D eigenvalue weighted by atomic mass is 9.86. The molecule has 3 nitrogen and oxygen atoms in total. The number of esters is 1. The van der Waals surface area contributed by atoms with E-state index in [1.54, 1.807) is 0 Å². The number of unbranched alkanes of at least 4 members (excludes halogenated alkanes) is 1. The van der Waals surface area contributed by atoms with Crippen molar-refractivity contribution in [2.45, 2.75) is 71.8 Å². The van der Waals surface area contributed by atoms with Crippen LogP contribution < -0.4 is 5.32 Å². The number of rotatable bonds is 10. The molecule has 0 heterocycles.